The molecule has 3 aromatic rings. The summed E-state index contributed by atoms with van der Waals surface area (Å²) < 4.78 is 11.5. The van der Waals surface area contributed by atoms with E-state index in [4.69, 9.17) is 9.47 Å². The largest absolute Gasteiger partial charge is 0.493 e. The molecule has 3 rings (SSSR count). The summed E-state index contributed by atoms with van der Waals surface area (Å²) in [5, 5.41) is 25.7. The van der Waals surface area contributed by atoms with E-state index < -0.39 is 10.8 Å². The van der Waals surface area contributed by atoms with Gasteiger partial charge in [-0.15, -0.1) is 0 Å². The smallest absolute Gasteiger partial charge is 0.271 e. The van der Waals surface area contributed by atoms with Gasteiger partial charge in [-0.1, -0.05) is 12.1 Å². The molecule has 10 nitrogen and oxygen atoms in total. The Morgan fingerprint density at radius 1 is 1.08 bits per heavy atom. The predicted molar refractivity (Wildman–Crippen MR) is 146 cm³/mol. The second-order valence-corrected chi connectivity index (χ2v) is 8.96. The van der Waals surface area contributed by atoms with Gasteiger partial charge in [-0.05, 0) is 82.9 Å². The standard InChI is InChI=1S/C27H23BrN4O6/c1-16-7-8-21(9-17(16)2)30-25(33)15-38-26-23(28)11-18(12-24(26)37-3)10-19(14-29)27(34)31-20-5-4-6-22(13-20)32(35)36/h4-13H,15H2,1-3H3,(H,30,33)(H,31,34)/b19-10-. The van der Waals surface area contributed by atoms with E-state index in [1.165, 1.54) is 37.5 Å². The third kappa shape index (κ3) is 7.18. The summed E-state index contributed by atoms with van der Waals surface area (Å²) in [4.78, 5) is 35.4. The first kappa shape index (κ1) is 27.9. The maximum atomic E-state index is 12.6. The molecule has 0 saturated carbocycles. The zero-order valence-corrected chi connectivity index (χ0v) is 22.3. The highest BCUT2D eigenvalue weighted by atomic mass is 79.9. The lowest BCUT2D eigenvalue weighted by Crippen LogP contribution is -2.20. The Kier molecular flexibility index (Phi) is 9.18. The van der Waals surface area contributed by atoms with Crippen LogP contribution in [0.1, 0.15) is 16.7 Å². The van der Waals surface area contributed by atoms with Crippen molar-refractivity contribution in [3.8, 4) is 17.6 Å². The first-order valence-electron chi connectivity index (χ1n) is 11.2. The molecule has 2 N–H and O–H groups in total. The van der Waals surface area contributed by atoms with Gasteiger partial charge in [0.05, 0.1) is 16.5 Å². The van der Waals surface area contributed by atoms with Crippen LogP contribution in [0.4, 0.5) is 17.1 Å². The molecule has 0 bridgehead atoms. The van der Waals surface area contributed by atoms with Crippen molar-refractivity contribution in [1.29, 1.82) is 5.26 Å². The number of halogens is 1. The normalized spacial score (nSPS) is 10.8. The first-order chi connectivity index (χ1) is 18.1. The van der Waals surface area contributed by atoms with E-state index in [0.717, 1.165) is 11.1 Å². The number of nitrogens with one attached hydrogen (secondary N) is 2. The van der Waals surface area contributed by atoms with Crippen molar-refractivity contribution in [2.45, 2.75) is 13.8 Å². The summed E-state index contributed by atoms with van der Waals surface area (Å²) in [6, 6.07) is 15.9. The number of rotatable bonds is 9. The van der Waals surface area contributed by atoms with E-state index in [-0.39, 0.29) is 41.0 Å². The van der Waals surface area contributed by atoms with Crippen LogP contribution < -0.4 is 20.1 Å². The lowest BCUT2D eigenvalue weighted by molar-refractivity contribution is -0.384. The van der Waals surface area contributed by atoms with Crippen molar-refractivity contribution in [3.05, 3.63) is 91.4 Å². The topological polar surface area (TPSA) is 144 Å². The Hall–Kier alpha value is -4.69. The van der Waals surface area contributed by atoms with Gasteiger partial charge in [0, 0.05) is 23.5 Å². The molecule has 0 spiro atoms. The number of nitro groups is 1. The summed E-state index contributed by atoms with van der Waals surface area (Å²) >= 11 is 3.38. The molecule has 0 aromatic heterocycles. The number of amides is 2. The summed E-state index contributed by atoms with van der Waals surface area (Å²) in [7, 11) is 1.41. The lowest BCUT2D eigenvalue weighted by atomic mass is 10.1. The molecule has 194 valence electrons. The third-order valence-corrected chi connectivity index (χ3v) is 5.97. The number of benzene rings is 3. The fraction of sp³-hybridized carbons (Fsp3) is 0.148. The fourth-order valence-corrected chi connectivity index (χ4v) is 3.90. The van der Waals surface area contributed by atoms with Crippen molar-refractivity contribution in [1.82, 2.24) is 0 Å². The van der Waals surface area contributed by atoms with Crippen LogP contribution in [-0.2, 0) is 9.59 Å². The van der Waals surface area contributed by atoms with Gasteiger partial charge in [0.15, 0.2) is 18.1 Å². The number of carbonyl (C=O) groups is 2. The number of hydrogen-bond donors (Lipinski definition) is 2. The Bertz CT molecular complexity index is 1480. The van der Waals surface area contributed by atoms with Gasteiger partial charge < -0.3 is 20.1 Å². The third-order valence-electron chi connectivity index (χ3n) is 5.38. The number of non-ortho nitro benzene ring substituents is 1. The SMILES string of the molecule is COc1cc(/C=C(/C#N)C(=O)Nc2cccc([N+](=O)[O-])c2)cc(Br)c1OCC(=O)Nc1ccc(C)c(C)c1. The number of nitrogens with zero attached hydrogens (tertiary/aromatic N) is 2. The van der Waals surface area contributed by atoms with Crippen molar-refractivity contribution in [2.75, 3.05) is 24.4 Å². The number of anilines is 2. The minimum atomic E-state index is -0.744. The molecule has 0 atom stereocenters. The van der Waals surface area contributed by atoms with Crippen molar-refractivity contribution in [3.63, 3.8) is 0 Å². The molecule has 0 radical (unpaired) electrons. The predicted octanol–water partition coefficient (Wildman–Crippen LogP) is 5.55. The molecule has 0 fully saturated rings. The molecular weight excluding hydrogens is 556 g/mol. The molecule has 0 saturated heterocycles. The number of nitro benzene ring substituents is 1. The zero-order valence-electron chi connectivity index (χ0n) is 20.7. The molecule has 0 heterocycles. The highest BCUT2D eigenvalue weighted by molar-refractivity contribution is 9.10. The van der Waals surface area contributed by atoms with E-state index in [0.29, 0.717) is 15.7 Å². The van der Waals surface area contributed by atoms with Gasteiger partial charge >= 0.3 is 0 Å². The minimum absolute atomic E-state index is 0.173. The van der Waals surface area contributed by atoms with Crippen molar-refractivity contribution in [2.24, 2.45) is 0 Å². The Labute approximate surface area is 227 Å². The molecule has 0 aliphatic heterocycles. The van der Waals surface area contributed by atoms with Crippen LogP contribution in [0.2, 0.25) is 0 Å². The summed E-state index contributed by atoms with van der Waals surface area (Å²) in [5.41, 5.74) is 2.98. The maximum absolute atomic E-state index is 12.6. The first-order valence-corrected chi connectivity index (χ1v) is 12.0. The van der Waals surface area contributed by atoms with Gasteiger partial charge in [0.2, 0.25) is 0 Å². The molecule has 0 aliphatic carbocycles. The highest BCUT2D eigenvalue weighted by Gasteiger charge is 2.16. The Morgan fingerprint density at radius 2 is 1.82 bits per heavy atom. The maximum Gasteiger partial charge on any atom is 0.271 e. The molecule has 0 unspecified atom stereocenters. The second kappa shape index (κ2) is 12.5. The quantitative estimate of drug-likeness (QED) is 0.147. The molecular formula is C27H23BrN4O6. The van der Waals surface area contributed by atoms with Gasteiger partial charge in [-0.25, -0.2) is 0 Å². The van der Waals surface area contributed by atoms with Gasteiger partial charge in [0.1, 0.15) is 11.6 Å². The molecule has 11 heteroatoms. The second-order valence-electron chi connectivity index (χ2n) is 8.10. The average Bonchev–Trinajstić information content (AvgIpc) is 2.88. The monoisotopic (exact) mass is 578 g/mol. The summed E-state index contributed by atoms with van der Waals surface area (Å²) in [5.74, 6) is -0.581. The molecule has 0 aliphatic rings. The molecule has 38 heavy (non-hydrogen) atoms. The van der Waals surface area contributed by atoms with E-state index >= 15 is 0 Å². The average molecular weight is 579 g/mol. The fourth-order valence-electron chi connectivity index (χ4n) is 3.33. The number of methoxy groups -OCH3 is 1. The number of hydrogen-bond acceptors (Lipinski definition) is 7. The Balaban J connectivity index is 1.74. The van der Waals surface area contributed by atoms with Crippen LogP contribution in [0.25, 0.3) is 6.08 Å². The number of carbonyl (C=O) groups excluding carboxylic acids is 2. The summed E-state index contributed by atoms with van der Waals surface area (Å²) in [6.45, 7) is 3.65. The molecule has 3 aromatic carbocycles. The van der Waals surface area contributed by atoms with E-state index in [2.05, 4.69) is 26.6 Å². The zero-order chi connectivity index (χ0) is 27.8. The van der Waals surface area contributed by atoms with Crippen LogP contribution in [0.15, 0.2) is 64.6 Å². The number of aryl methyl sites for hydroxylation is 2. The van der Waals surface area contributed by atoms with E-state index in [9.17, 15) is 25.0 Å². The van der Waals surface area contributed by atoms with Crippen molar-refractivity contribution < 1.29 is 24.0 Å². The van der Waals surface area contributed by atoms with Gasteiger partial charge in [0.25, 0.3) is 17.5 Å². The van der Waals surface area contributed by atoms with E-state index in [1.54, 1.807) is 18.2 Å². The molecule has 2 amide bonds. The van der Waals surface area contributed by atoms with Crippen LogP contribution in [0, 0.1) is 35.3 Å². The summed E-state index contributed by atoms with van der Waals surface area (Å²) in [6.07, 6.45) is 1.33. The highest BCUT2D eigenvalue weighted by Crippen LogP contribution is 2.37. The van der Waals surface area contributed by atoms with Crippen LogP contribution >= 0.6 is 15.9 Å². The van der Waals surface area contributed by atoms with Gasteiger partial charge in [-0.2, -0.15) is 5.26 Å². The van der Waals surface area contributed by atoms with Gasteiger partial charge in [-0.3, -0.25) is 19.7 Å². The van der Waals surface area contributed by atoms with Crippen LogP contribution in [-0.4, -0.2) is 30.5 Å². The number of ether oxygens (including phenoxy) is 2. The van der Waals surface area contributed by atoms with Crippen LogP contribution in [0.5, 0.6) is 11.5 Å². The Morgan fingerprint density at radius 3 is 2.47 bits per heavy atom. The minimum Gasteiger partial charge on any atom is -0.493 e. The lowest BCUT2D eigenvalue weighted by Gasteiger charge is -2.14. The van der Waals surface area contributed by atoms with E-state index in [1.807, 2.05) is 32.0 Å². The van der Waals surface area contributed by atoms with Crippen LogP contribution in [0.3, 0.4) is 0 Å². The number of nitriles is 1. The van der Waals surface area contributed by atoms with Crippen molar-refractivity contribution >= 4 is 50.9 Å².